The number of carboxylic acids is 1. The van der Waals surface area contributed by atoms with Crippen LogP contribution in [-0.2, 0) is 4.79 Å². The number of amidine groups is 1. The first kappa shape index (κ1) is 22.9. The van der Waals surface area contributed by atoms with Crippen molar-refractivity contribution < 1.29 is 24.2 Å². The molecule has 1 N–H and O–H groups in total. The molecule has 1 aliphatic rings. The van der Waals surface area contributed by atoms with Gasteiger partial charge in [0, 0.05) is 6.54 Å². The molecule has 7 nitrogen and oxygen atoms in total. The molecule has 0 aromatic heterocycles. The largest absolute Gasteiger partial charge is 0.492 e. The molecule has 0 unspecified atom stereocenters. The average molecular weight is 505 g/mol. The monoisotopic (exact) mass is 504 g/mol. The van der Waals surface area contributed by atoms with Gasteiger partial charge in [-0.1, -0.05) is 0 Å². The SMILES string of the molecule is CCOc1cc(/C=C2\SC(=Nc3ccc(C(=O)O)cc3)N(CC)C2=O)cc(Br)c1OC. The fourth-order valence-corrected chi connectivity index (χ4v) is 4.63. The normalized spacial score (nSPS) is 16.3. The molecule has 3 rings (SSSR count). The summed E-state index contributed by atoms with van der Waals surface area (Å²) in [6, 6.07) is 9.89. The third kappa shape index (κ3) is 5.11. The molecule has 162 valence electrons. The molecule has 0 radical (unpaired) electrons. The van der Waals surface area contributed by atoms with Gasteiger partial charge in [-0.3, -0.25) is 9.69 Å². The number of likely N-dealkylation sites (N-methyl/N-ethyl adjacent to an activating group) is 1. The summed E-state index contributed by atoms with van der Waals surface area (Å²) in [6.45, 7) is 4.71. The van der Waals surface area contributed by atoms with E-state index < -0.39 is 5.97 Å². The number of methoxy groups -OCH3 is 1. The zero-order chi connectivity index (χ0) is 22.5. The highest BCUT2D eigenvalue weighted by atomic mass is 79.9. The Bertz CT molecular complexity index is 1070. The molecular weight excluding hydrogens is 484 g/mol. The van der Waals surface area contributed by atoms with Crippen molar-refractivity contribution in [2.75, 3.05) is 20.3 Å². The topological polar surface area (TPSA) is 88.4 Å². The Balaban J connectivity index is 1.94. The van der Waals surface area contributed by atoms with Crippen LogP contribution in [0.3, 0.4) is 0 Å². The van der Waals surface area contributed by atoms with E-state index in [9.17, 15) is 9.59 Å². The number of hydrogen-bond donors (Lipinski definition) is 1. The quantitative estimate of drug-likeness (QED) is 0.522. The van der Waals surface area contributed by atoms with Gasteiger partial charge < -0.3 is 14.6 Å². The Morgan fingerprint density at radius 3 is 2.55 bits per heavy atom. The number of ether oxygens (including phenoxy) is 2. The van der Waals surface area contributed by atoms with Crippen LogP contribution in [0.1, 0.15) is 29.8 Å². The Hall–Kier alpha value is -2.78. The van der Waals surface area contributed by atoms with Crippen LogP contribution in [0.15, 0.2) is 50.8 Å². The maximum atomic E-state index is 12.9. The first-order chi connectivity index (χ1) is 14.9. The predicted molar refractivity (Wildman–Crippen MR) is 125 cm³/mol. The number of benzene rings is 2. The minimum absolute atomic E-state index is 0.140. The maximum absolute atomic E-state index is 12.9. The summed E-state index contributed by atoms with van der Waals surface area (Å²) in [4.78, 5) is 30.6. The number of carbonyl (C=O) groups is 2. The predicted octanol–water partition coefficient (Wildman–Crippen LogP) is 5.18. The van der Waals surface area contributed by atoms with Gasteiger partial charge in [-0.25, -0.2) is 9.79 Å². The number of halogens is 1. The van der Waals surface area contributed by atoms with Crippen LogP contribution >= 0.6 is 27.7 Å². The molecule has 0 bridgehead atoms. The molecule has 1 aliphatic heterocycles. The molecule has 1 amide bonds. The Morgan fingerprint density at radius 1 is 1.26 bits per heavy atom. The van der Waals surface area contributed by atoms with Gasteiger partial charge in [-0.2, -0.15) is 0 Å². The number of aromatic carboxylic acids is 1. The number of hydrogen-bond acceptors (Lipinski definition) is 6. The van der Waals surface area contributed by atoms with E-state index in [1.54, 1.807) is 30.2 Å². The van der Waals surface area contributed by atoms with E-state index in [-0.39, 0.29) is 11.5 Å². The standard InChI is InChI=1S/C22H21BrN2O5S/c1-4-25-20(26)18(12-13-10-16(23)19(29-3)17(11-13)30-5-2)31-22(25)24-15-8-6-14(7-9-15)21(27)28/h6-12H,4-5H2,1-3H3,(H,27,28)/b18-12-,24-22?. The Kier molecular flexibility index (Phi) is 7.40. The number of amides is 1. The van der Waals surface area contributed by atoms with E-state index in [1.807, 2.05) is 26.0 Å². The summed E-state index contributed by atoms with van der Waals surface area (Å²) in [5.74, 6) is 0.0403. The van der Waals surface area contributed by atoms with Crippen LogP contribution < -0.4 is 9.47 Å². The van der Waals surface area contributed by atoms with Crippen molar-refractivity contribution in [1.29, 1.82) is 0 Å². The number of rotatable bonds is 7. The first-order valence-electron chi connectivity index (χ1n) is 9.51. The molecular formula is C22H21BrN2O5S. The van der Waals surface area contributed by atoms with E-state index in [0.717, 1.165) is 10.0 Å². The molecule has 1 fully saturated rings. The summed E-state index contributed by atoms with van der Waals surface area (Å²) < 4.78 is 11.8. The fraction of sp³-hybridized carbons (Fsp3) is 0.227. The third-order valence-electron chi connectivity index (χ3n) is 4.38. The molecule has 0 saturated carbocycles. The number of aliphatic imine (C=N–C) groups is 1. The zero-order valence-electron chi connectivity index (χ0n) is 17.2. The van der Waals surface area contributed by atoms with Crippen molar-refractivity contribution in [1.82, 2.24) is 4.90 Å². The van der Waals surface area contributed by atoms with E-state index in [2.05, 4.69) is 20.9 Å². The lowest BCUT2D eigenvalue weighted by molar-refractivity contribution is -0.122. The van der Waals surface area contributed by atoms with Gasteiger partial charge in [-0.15, -0.1) is 0 Å². The van der Waals surface area contributed by atoms with Crippen LogP contribution in [-0.4, -0.2) is 47.3 Å². The summed E-state index contributed by atoms with van der Waals surface area (Å²) in [6.07, 6.45) is 1.79. The van der Waals surface area contributed by atoms with E-state index in [1.165, 1.54) is 23.9 Å². The molecule has 0 spiro atoms. The van der Waals surface area contributed by atoms with Gasteiger partial charge >= 0.3 is 5.97 Å². The highest BCUT2D eigenvalue weighted by Crippen LogP contribution is 2.39. The highest BCUT2D eigenvalue weighted by molar-refractivity contribution is 9.10. The summed E-state index contributed by atoms with van der Waals surface area (Å²) >= 11 is 4.76. The van der Waals surface area contributed by atoms with Gasteiger partial charge in [0.1, 0.15) is 0 Å². The second kappa shape index (κ2) is 10.0. The zero-order valence-corrected chi connectivity index (χ0v) is 19.6. The lowest BCUT2D eigenvalue weighted by Gasteiger charge is -2.12. The van der Waals surface area contributed by atoms with E-state index in [4.69, 9.17) is 14.6 Å². The molecule has 1 heterocycles. The second-order valence-electron chi connectivity index (χ2n) is 6.37. The lowest BCUT2D eigenvalue weighted by Crippen LogP contribution is -2.28. The molecule has 0 atom stereocenters. The Labute approximate surface area is 192 Å². The molecule has 0 aliphatic carbocycles. The third-order valence-corrected chi connectivity index (χ3v) is 5.97. The number of carboxylic acid groups (broad SMARTS) is 1. The summed E-state index contributed by atoms with van der Waals surface area (Å²) in [5, 5.41) is 9.58. The van der Waals surface area contributed by atoms with Crippen molar-refractivity contribution in [3.05, 3.63) is 56.9 Å². The average Bonchev–Trinajstić information content (AvgIpc) is 3.02. The van der Waals surface area contributed by atoms with Crippen LogP contribution in [0.5, 0.6) is 11.5 Å². The first-order valence-corrected chi connectivity index (χ1v) is 11.1. The summed E-state index contributed by atoms with van der Waals surface area (Å²) in [7, 11) is 1.57. The van der Waals surface area contributed by atoms with E-state index >= 15 is 0 Å². The second-order valence-corrected chi connectivity index (χ2v) is 8.24. The van der Waals surface area contributed by atoms with Gasteiger partial charge in [0.05, 0.1) is 34.3 Å². The van der Waals surface area contributed by atoms with Crippen molar-refractivity contribution in [2.24, 2.45) is 4.99 Å². The fourth-order valence-electron chi connectivity index (χ4n) is 2.94. The lowest BCUT2D eigenvalue weighted by atomic mass is 10.2. The van der Waals surface area contributed by atoms with Crippen LogP contribution in [0.4, 0.5) is 5.69 Å². The van der Waals surface area contributed by atoms with Crippen LogP contribution in [0.25, 0.3) is 6.08 Å². The number of nitrogens with zero attached hydrogens (tertiary/aromatic N) is 2. The highest BCUT2D eigenvalue weighted by Gasteiger charge is 2.32. The molecule has 9 heteroatoms. The van der Waals surface area contributed by atoms with E-state index in [0.29, 0.717) is 40.4 Å². The molecule has 31 heavy (non-hydrogen) atoms. The van der Waals surface area contributed by atoms with Crippen molar-refractivity contribution in [2.45, 2.75) is 13.8 Å². The number of thioether (sulfide) groups is 1. The summed E-state index contributed by atoms with van der Waals surface area (Å²) in [5.41, 5.74) is 1.54. The van der Waals surface area contributed by atoms with Crippen molar-refractivity contribution in [3.8, 4) is 11.5 Å². The molecule has 1 saturated heterocycles. The number of carbonyl (C=O) groups excluding carboxylic acids is 1. The molecule has 2 aromatic rings. The minimum Gasteiger partial charge on any atom is -0.492 e. The van der Waals surface area contributed by atoms with Crippen LogP contribution in [0, 0.1) is 0 Å². The van der Waals surface area contributed by atoms with Crippen molar-refractivity contribution in [3.63, 3.8) is 0 Å². The smallest absolute Gasteiger partial charge is 0.335 e. The van der Waals surface area contributed by atoms with Crippen LogP contribution in [0.2, 0.25) is 0 Å². The van der Waals surface area contributed by atoms with Crippen molar-refractivity contribution >= 4 is 56.5 Å². The maximum Gasteiger partial charge on any atom is 0.335 e. The van der Waals surface area contributed by atoms with Gasteiger partial charge in [0.25, 0.3) is 5.91 Å². The van der Waals surface area contributed by atoms with Gasteiger partial charge in [-0.05, 0) is 89.6 Å². The Morgan fingerprint density at radius 2 is 1.97 bits per heavy atom. The van der Waals surface area contributed by atoms with Gasteiger partial charge in [0.15, 0.2) is 16.7 Å². The minimum atomic E-state index is -0.998. The van der Waals surface area contributed by atoms with Gasteiger partial charge in [0.2, 0.25) is 0 Å². The molecule has 2 aromatic carbocycles.